The van der Waals surface area contributed by atoms with Crippen LogP contribution >= 0.6 is 0 Å². The fraction of sp³-hybridized carbons (Fsp3) is 0.526. The van der Waals surface area contributed by atoms with Gasteiger partial charge in [-0.1, -0.05) is 31.7 Å². The van der Waals surface area contributed by atoms with Crippen LogP contribution in [0.15, 0.2) is 47.8 Å². The Bertz CT molecular complexity index is 627. The van der Waals surface area contributed by atoms with Crippen LogP contribution in [0.25, 0.3) is 0 Å². The Morgan fingerprint density at radius 3 is 2.82 bits per heavy atom. The molecule has 0 saturated heterocycles. The molecule has 1 amide bonds. The van der Waals surface area contributed by atoms with Gasteiger partial charge in [0.15, 0.2) is 0 Å². The van der Waals surface area contributed by atoms with Crippen molar-refractivity contribution in [2.45, 2.75) is 32.5 Å². The second kappa shape index (κ2) is 11.7. The quantitative estimate of drug-likeness (QED) is 0.461. The van der Waals surface area contributed by atoms with Gasteiger partial charge in [-0.2, -0.15) is 13.2 Å². The minimum atomic E-state index is -4.45. The lowest BCUT2D eigenvalue weighted by atomic mass is 10.1. The number of carbonyl (C=O) groups is 1. The van der Waals surface area contributed by atoms with Crippen LogP contribution in [0.4, 0.5) is 13.2 Å². The molecule has 0 fully saturated rings. The molecule has 6 nitrogen and oxygen atoms in total. The number of hydrogen-bond acceptors (Lipinski definition) is 5. The van der Waals surface area contributed by atoms with E-state index in [0.717, 1.165) is 12.2 Å². The molecule has 1 aliphatic rings. The van der Waals surface area contributed by atoms with Crippen LogP contribution in [-0.4, -0.2) is 49.6 Å². The average molecular weight is 404 g/mol. The summed E-state index contributed by atoms with van der Waals surface area (Å²) in [4.78, 5) is 17.2. The van der Waals surface area contributed by atoms with Gasteiger partial charge in [-0.25, -0.2) is 0 Å². The molecule has 0 aliphatic carbocycles. The number of hydroxylamine groups is 1. The lowest BCUT2D eigenvalue weighted by Gasteiger charge is -2.13. The zero-order valence-electron chi connectivity index (χ0n) is 16.0. The molecule has 158 valence electrons. The number of alkyl halides is 3. The largest absolute Gasteiger partial charge is 0.416 e. The molecule has 1 aliphatic heterocycles. The third kappa shape index (κ3) is 8.73. The van der Waals surface area contributed by atoms with Gasteiger partial charge >= 0.3 is 6.18 Å². The van der Waals surface area contributed by atoms with Crippen molar-refractivity contribution in [2.75, 3.05) is 26.4 Å². The van der Waals surface area contributed by atoms with E-state index in [1.165, 1.54) is 6.08 Å². The summed E-state index contributed by atoms with van der Waals surface area (Å²) in [6, 6.07) is -0.651. The highest BCUT2D eigenvalue weighted by Crippen LogP contribution is 2.26. The van der Waals surface area contributed by atoms with Crippen molar-refractivity contribution >= 4 is 5.91 Å². The summed E-state index contributed by atoms with van der Waals surface area (Å²) < 4.78 is 43.2. The van der Waals surface area contributed by atoms with Crippen LogP contribution in [0.1, 0.15) is 20.3 Å². The van der Waals surface area contributed by atoms with Crippen LogP contribution in [0.3, 0.4) is 0 Å². The Morgan fingerprint density at radius 2 is 2.21 bits per heavy atom. The zero-order chi connectivity index (χ0) is 21.2. The van der Waals surface area contributed by atoms with E-state index in [0.29, 0.717) is 24.3 Å². The molecular weight excluding hydrogens is 377 g/mol. The van der Waals surface area contributed by atoms with E-state index in [1.807, 2.05) is 6.92 Å². The molecule has 3 N–H and O–H groups in total. The van der Waals surface area contributed by atoms with Gasteiger partial charge in [-0.15, -0.1) is 5.48 Å². The minimum absolute atomic E-state index is 0.0674. The number of aliphatic hydroxyl groups excluding tert-OH is 1. The van der Waals surface area contributed by atoms with Crippen LogP contribution in [-0.2, 0) is 14.4 Å². The van der Waals surface area contributed by atoms with Crippen molar-refractivity contribution in [3.8, 4) is 0 Å². The molecule has 28 heavy (non-hydrogen) atoms. The van der Waals surface area contributed by atoms with Crippen molar-refractivity contribution in [1.29, 1.82) is 0 Å². The molecule has 0 bridgehead atoms. The first kappa shape index (κ1) is 23.9. The number of allylic oxidation sites excluding steroid dienone is 4. The molecule has 0 spiro atoms. The van der Waals surface area contributed by atoms with Crippen molar-refractivity contribution in [3.63, 3.8) is 0 Å². The van der Waals surface area contributed by atoms with Crippen LogP contribution in [0, 0.1) is 5.92 Å². The lowest BCUT2D eigenvalue weighted by Crippen LogP contribution is -2.41. The van der Waals surface area contributed by atoms with Crippen LogP contribution in [0.2, 0.25) is 0 Å². The summed E-state index contributed by atoms with van der Waals surface area (Å²) in [6.45, 7) is 7.39. The Kier molecular flexibility index (Phi) is 9.98. The number of halogens is 3. The highest BCUT2D eigenvalue weighted by atomic mass is 19.4. The van der Waals surface area contributed by atoms with Crippen molar-refractivity contribution in [1.82, 2.24) is 10.8 Å². The number of carbonyl (C=O) groups excluding carboxylic acids is 1. The monoisotopic (exact) mass is 404 g/mol. The van der Waals surface area contributed by atoms with Gasteiger partial charge in [0, 0.05) is 13.2 Å². The Hall–Kier alpha value is -2.10. The molecular formula is C19H27F3N2O4. The van der Waals surface area contributed by atoms with E-state index < -0.39 is 17.8 Å². The highest BCUT2D eigenvalue weighted by molar-refractivity contribution is 5.84. The van der Waals surface area contributed by atoms with Gasteiger partial charge in [0.1, 0.15) is 18.4 Å². The maximum absolute atomic E-state index is 12.6. The van der Waals surface area contributed by atoms with Crippen molar-refractivity contribution in [3.05, 3.63) is 47.8 Å². The van der Waals surface area contributed by atoms with Gasteiger partial charge in [0.05, 0.1) is 12.2 Å². The molecule has 0 radical (unpaired) electrons. The van der Waals surface area contributed by atoms with Gasteiger partial charge < -0.3 is 20.0 Å². The van der Waals surface area contributed by atoms with Gasteiger partial charge in [-0.05, 0) is 30.9 Å². The van der Waals surface area contributed by atoms with Crippen LogP contribution < -0.4 is 10.8 Å². The van der Waals surface area contributed by atoms with E-state index >= 15 is 0 Å². The van der Waals surface area contributed by atoms with E-state index in [9.17, 15) is 18.0 Å². The number of ether oxygens (including phenoxy) is 1. The second-order valence-electron chi connectivity index (χ2n) is 6.52. The normalized spacial score (nSPS) is 19.1. The number of aliphatic hydroxyl groups is 1. The second-order valence-corrected chi connectivity index (χ2v) is 6.52. The Morgan fingerprint density at radius 1 is 1.50 bits per heavy atom. The summed E-state index contributed by atoms with van der Waals surface area (Å²) in [5.74, 6) is 0.310. The molecule has 1 heterocycles. The molecule has 0 saturated carbocycles. The van der Waals surface area contributed by atoms with Crippen LogP contribution in [0.5, 0.6) is 0 Å². The first-order chi connectivity index (χ1) is 13.2. The molecule has 9 heteroatoms. The van der Waals surface area contributed by atoms with Gasteiger partial charge in [0.25, 0.3) is 0 Å². The summed E-state index contributed by atoms with van der Waals surface area (Å²) in [5.41, 5.74) is 2.32. The first-order valence-corrected chi connectivity index (χ1v) is 8.83. The minimum Gasteiger partial charge on any atom is -0.410 e. The molecule has 2 unspecified atom stereocenters. The zero-order valence-corrected chi connectivity index (χ0v) is 16.0. The van der Waals surface area contributed by atoms with Crippen molar-refractivity contribution in [2.24, 2.45) is 5.92 Å². The van der Waals surface area contributed by atoms with E-state index in [-0.39, 0.29) is 31.6 Å². The smallest absolute Gasteiger partial charge is 0.410 e. The molecule has 2 atom stereocenters. The molecule has 0 aromatic carbocycles. The highest BCUT2D eigenvalue weighted by Gasteiger charge is 2.30. The topological polar surface area (TPSA) is 79.8 Å². The van der Waals surface area contributed by atoms with E-state index in [2.05, 4.69) is 17.4 Å². The van der Waals surface area contributed by atoms with Gasteiger partial charge in [0.2, 0.25) is 5.91 Å². The third-order valence-corrected chi connectivity index (χ3v) is 3.87. The van der Waals surface area contributed by atoms with Crippen molar-refractivity contribution < 1.29 is 32.6 Å². The van der Waals surface area contributed by atoms with Gasteiger partial charge in [-0.3, -0.25) is 4.79 Å². The number of rotatable bonds is 11. The predicted molar refractivity (Wildman–Crippen MR) is 98.9 cm³/mol. The van der Waals surface area contributed by atoms with E-state index in [1.54, 1.807) is 13.0 Å². The number of hydrogen-bond donors (Lipinski definition) is 3. The molecule has 1 rings (SSSR count). The summed E-state index contributed by atoms with van der Waals surface area (Å²) in [7, 11) is 0. The van der Waals surface area contributed by atoms with E-state index in [4.69, 9.17) is 14.7 Å². The summed E-state index contributed by atoms with van der Waals surface area (Å²) in [5, 5.41) is 11.6. The summed E-state index contributed by atoms with van der Waals surface area (Å²) in [6.07, 6.45) is 0.739. The molecule has 0 aromatic rings. The Labute approximate surface area is 162 Å². The maximum atomic E-state index is 12.6. The SMILES string of the molecule is C=C/C(=C\C=C(/C)COCC1=CC(C(=O)NCC(C)CCO)NO1)C(F)(F)F. The lowest BCUT2D eigenvalue weighted by molar-refractivity contribution is -0.123. The fourth-order valence-electron chi connectivity index (χ4n) is 2.18. The average Bonchev–Trinajstić information content (AvgIpc) is 3.08. The molecule has 0 aromatic heterocycles. The maximum Gasteiger partial charge on any atom is 0.416 e. The standard InChI is InChI=1S/C19H27F3N2O4/c1-4-15(19(20,21)22)6-5-14(3)11-27-12-16-9-17(24-28-16)18(26)23-10-13(2)7-8-25/h4-6,9,13,17,24-25H,1,7-8,10-12H2,2-3H3,(H,23,26)/b14-5+,15-6+. The number of amides is 1. The fourth-order valence-corrected chi connectivity index (χ4v) is 2.18. The first-order valence-electron chi connectivity index (χ1n) is 8.83. The number of nitrogens with one attached hydrogen (secondary N) is 2. The Balaban J connectivity index is 2.42. The summed E-state index contributed by atoms with van der Waals surface area (Å²) >= 11 is 0. The predicted octanol–water partition coefficient (Wildman–Crippen LogP) is 2.55. The third-order valence-electron chi connectivity index (χ3n) is 3.87.